The summed E-state index contributed by atoms with van der Waals surface area (Å²) >= 11 is 0. The number of pyridine rings is 1. The van der Waals surface area contributed by atoms with Gasteiger partial charge < -0.3 is 39.2 Å². The van der Waals surface area contributed by atoms with E-state index in [4.69, 9.17) is 23.7 Å². The molecule has 0 spiro atoms. The third kappa shape index (κ3) is 8.29. The number of amides is 1. The molecule has 0 aliphatic carbocycles. The van der Waals surface area contributed by atoms with E-state index in [2.05, 4.69) is 10.3 Å². The van der Waals surface area contributed by atoms with Gasteiger partial charge in [0.25, 0.3) is 0 Å². The highest BCUT2D eigenvalue weighted by atomic mass is 16.7. The predicted molar refractivity (Wildman–Crippen MR) is 129 cm³/mol. The average Bonchev–Trinajstić information content (AvgIpc) is 2.87. The fourth-order valence-electron chi connectivity index (χ4n) is 3.00. The third-order valence-electron chi connectivity index (χ3n) is 4.89. The maximum Gasteiger partial charge on any atom is 0.244 e. The Labute approximate surface area is 204 Å². The molecule has 0 radical (unpaired) electrons. The molecule has 0 saturated carbocycles. The number of aryl methyl sites for hydroxylation is 1. The summed E-state index contributed by atoms with van der Waals surface area (Å²) in [6, 6.07) is 3.53. The zero-order chi connectivity index (χ0) is 25.6. The first kappa shape index (κ1) is 27.6. The monoisotopic (exact) mass is 488 g/mol. The van der Waals surface area contributed by atoms with Gasteiger partial charge >= 0.3 is 0 Å². The van der Waals surface area contributed by atoms with E-state index in [1.54, 1.807) is 44.4 Å². The van der Waals surface area contributed by atoms with Crippen LogP contribution in [0.1, 0.15) is 22.4 Å². The van der Waals surface area contributed by atoms with Crippen LogP contribution in [0, 0.1) is 6.92 Å². The van der Waals surface area contributed by atoms with Crippen molar-refractivity contribution in [3.8, 4) is 23.0 Å². The number of carbonyl (C=O) groups excluding carboxylic acids is 1. The molecule has 1 aromatic carbocycles. The van der Waals surface area contributed by atoms with Crippen LogP contribution in [0.15, 0.2) is 36.6 Å². The van der Waals surface area contributed by atoms with E-state index in [9.17, 15) is 15.0 Å². The molecule has 0 atom stereocenters. The number of aromatic hydroxyl groups is 1. The summed E-state index contributed by atoms with van der Waals surface area (Å²) in [5.41, 5.74) is 2.07. The number of hydrogen-bond acceptors (Lipinski definition) is 9. The van der Waals surface area contributed by atoms with Crippen LogP contribution in [0.2, 0.25) is 0 Å². The van der Waals surface area contributed by atoms with Crippen molar-refractivity contribution >= 4 is 12.0 Å². The van der Waals surface area contributed by atoms with Crippen LogP contribution >= 0.6 is 0 Å². The number of ether oxygens (including phenoxy) is 5. The van der Waals surface area contributed by atoms with E-state index in [-0.39, 0.29) is 31.6 Å². The van der Waals surface area contributed by atoms with Crippen molar-refractivity contribution in [3.63, 3.8) is 0 Å². The molecule has 10 heteroatoms. The van der Waals surface area contributed by atoms with E-state index in [1.165, 1.54) is 26.5 Å². The summed E-state index contributed by atoms with van der Waals surface area (Å²) in [7, 11) is 4.64. The molecule has 3 N–H and O–H groups in total. The fourth-order valence-corrected chi connectivity index (χ4v) is 3.00. The van der Waals surface area contributed by atoms with Crippen molar-refractivity contribution in [2.45, 2.75) is 20.1 Å². The van der Waals surface area contributed by atoms with Crippen molar-refractivity contribution in [2.75, 3.05) is 41.3 Å². The van der Waals surface area contributed by atoms with Crippen molar-refractivity contribution < 1.29 is 38.7 Å². The largest absolute Gasteiger partial charge is 0.506 e. The zero-order valence-electron chi connectivity index (χ0n) is 20.4. The Balaban J connectivity index is 2.00. The minimum Gasteiger partial charge on any atom is -0.506 e. The van der Waals surface area contributed by atoms with Crippen molar-refractivity contribution in [3.05, 3.63) is 58.9 Å². The molecule has 0 aliphatic heterocycles. The second-order valence-electron chi connectivity index (χ2n) is 7.21. The molecular weight excluding hydrogens is 456 g/mol. The number of aliphatic hydroxyl groups excluding tert-OH is 1. The molecule has 0 aliphatic rings. The molecule has 0 bridgehead atoms. The normalized spacial score (nSPS) is 11.2. The Morgan fingerprint density at radius 1 is 1.11 bits per heavy atom. The number of nitrogens with zero attached hydrogens (tertiary/aromatic N) is 1. The Morgan fingerprint density at radius 3 is 2.46 bits per heavy atom. The molecule has 0 unspecified atom stereocenters. The maximum atomic E-state index is 12.2. The molecule has 35 heavy (non-hydrogen) atoms. The zero-order valence-corrected chi connectivity index (χ0v) is 20.4. The first-order valence-corrected chi connectivity index (χ1v) is 10.8. The molecular formula is C25H32N2O8. The van der Waals surface area contributed by atoms with Gasteiger partial charge in [0, 0.05) is 37.1 Å². The van der Waals surface area contributed by atoms with Gasteiger partial charge in [-0.15, -0.1) is 0 Å². The van der Waals surface area contributed by atoms with Crippen LogP contribution in [-0.4, -0.2) is 62.4 Å². The summed E-state index contributed by atoms with van der Waals surface area (Å²) in [5.74, 6) is 0.940. The second kappa shape index (κ2) is 14.6. The highest BCUT2D eigenvalue weighted by molar-refractivity contribution is 5.88. The first-order chi connectivity index (χ1) is 16.9. The van der Waals surface area contributed by atoms with Gasteiger partial charge in [-0.2, -0.15) is 0 Å². The van der Waals surface area contributed by atoms with E-state index < -0.39 is 0 Å². The number of carbonyl (C=O) groups is 1. The minimum absolute atomic E-state index is 0.0136. The molecule has 1 heterocycles. The Morgan fingerprint density at radius 2 is 1.83 bits per heavy atom. The number of aromatic nitrogens is 1. The van der Waals surface area contributed by atoms with Gasteiger partial charge in [-0.1, -0.05) is 18.2 Å². The average molecular weight is 489 g/mol. The first-order valence-electron chi connectivity index (χ1n) is 10.8. The van der Waals surface area contributed by atoms with Crippen molar-refractivity contribution in [1.29, 1.82) is 0 Å². The van der Waals surface area contributed by atoms with Gasteiger partial charge in [0.1, 0.15) is 5.75 Å². The van der Waals surface area contributed by atoms with Gasteiger partial charge in [0.15, 0.2) is 18.3 Å². The number of hydrogen-bond donors (Lipinski definition) is 3. The number of benzene rings is 1. The van der Waals surface area contributed by atoms with E-state index in [0.29, 0.717) is 47.3 Å². The van der Waals surface area contributed by atoms with Crippen LogP contribution < -0.4 is 19.5 Å². The van der Waals surface area contributed by atoms with E-state index in [0.717, 1.165) is 5.56 Å². The number of aliphatic hydroxyl groups is 1. The molecule has 190 valence electrons. The standard InChI is InChI=1S/C25H32N2O8/c1-17-24(30)20(19(15-28)13-26-17)14-27-23(29)8-6-5-7-18-11-21(32-3)25(22(12-18)33-4)35-16-34-10-9-31-2/h5-8,11-13,28,30H,9-10,14-16H2,1-4H3,(H,27,29)/b7-5+,8-6+. The molecule has 2 rings (SSSR count). The summed E-state index contributed by atoms with van der Waals surface area (Å²) in [6.07, 6.45) is 7.86. The number of allylic oxidation sites excluding steroid dienone is 2. The summed E-state index contributed by atoms with van der Waals surface area (Å²) in [6.45, 7) is 2.28. The Hall–Kier alpha value is -3.60. The summed E-state index contributed by atoms with van der Waals surface area (Å²) < 4.78 is 26.7. The highest BCUT2D eigenvalue weighted by Crippen LogP contribution is 2.39. The maximum absolute atomic E-state index is 12.2. The van der Waals surface area contributed by atoms with Crippen LogP contribution in [0.5, 0.6) is 23.0 Å². The van der Waals surface area contributed by atoms with Crippen LogP contribution in [0.4, 0.5) is 0 Å². The smallest absolute Gasteiger partial charge is 0.244 e. The molecule has 2 aromatic rings. The van der Waals surface area contributed by atoms with Gasteiger partial charge in [-0.3, -0.25) is 9.78 Å². The number of nitrogens with one attached hydrogen (secondary N) is 1. The molecule has 1 aromatic heterocycles. The van der Waals surface area contributed by atoms with E-state index >= 15 is 0 Å². The summed E-state index contributed by atoms with van der Waals surface area (Å²) in [4.78, 5) is 16.2. The van der Waals surface area contributed by atoms with Gasteiger partial charge in [-0.05, 0) is 24.6 Å². The fraction of sp³-hybridized carbons (Fsp3) is 0.360. The Kier molecular flexibility index (Phi) is 11.5. The lowest BCUT2D eigenvalue weighted by atomic mass is 10.1. The number of methoxy groups -OCH3 is 3. The lowest BCUT2D eigenvalue weighted by Gasteiger charge is -2.15. The lowest BCUT2D eigenvalue weighted by Crippen LogP contribution is -2.21. The molecule has 0 saturated heterocycles. The second-order valence-corrected chi connectivity index (χ2v) is 7.21. The van der Waals surface area contributed by atoms with Crippen molar-refractivity contribution in [2.24, 2.45) is 0 Å². The van der Waals surface area contributed by atoms with Crippen LogP contribution in [0.3, 0.4) is 0 Å². The predicted octanol–water partition coefficient (Wildman–Crippen LogP) is 2.49. The molecule has 10 nitrogen and oxygen atoms in total. The molecule has 0 fully saturated rings. The third-order valence-corrected chi connectivity index (χ3v) is 4.89. The SMILES string of the molecule is COCCOCOc1c(OC)cc(/C=C/C=C/C(=O)NCc2c(CO)cnc(C)c2O)cc1OC. The minimum atomic E-state index is -0.361. The van der Waals surface area contributed by atoms with Crippen LogP contribution in [-0.2, 0) is 27.4 Å². The van der Waals surface area contributed by atoms with Crippen LogP contribution in [0.25, 0.3) is 6.08 Å². The lowest BCUT2D eigenvalue weighted by molar-refractivity contribution is -0.116. The van der Waals surface area contributed by atoms with Gasteiger partial charge in [0.05, 0.1) is 39.7 Å². The topological polar surface area (TPSA) is 129 Å². The highest BCUT2D eigenvalue weighted by Gasteiger charge is 2.14. The van der Waals surface area contributed by atoms with Crippen molar-refractivity contribution in [1.82, 2.24) is 10.3 Å². The Bertz CT molecular complexity index is 1010. The van der Waals surface area contributed by atoms with E-state index in [1.807, 2.05) is 0 Å². The van der Waals surface area contributed by atoms with Gasteiger partial charge in [-0.25, -0.2) is 0 Å². The number of rotatable bonds is 14. The molecule has 1 amide bonds. The van der Waals surface area contributed by atoms with Gasteiger partial charge in [0.2, 0.25) is 11.7 Å². The quantitative estimate of drug-likeness (QED) is 0.159. The summed E-state index contributed by atoms with van der Waals surface area (Å²) in [5, 5.41) is 22.3.